The van der Waals surface area contributed by atoms with Crippen LogP contribution in [-0.4, -0.2) is 28.9 Å². The van der Waals surface area contributed by atoms with Crippen molar-refractivity contribution in [3.63, 3.8) is 0 Å². The van der Waals surface area contributed by atoms with E-state index in [4.69, 9.17) is 9.26 Å². The molecule has 0 saturated carbocycles. The van der Waals surface area contributed by atoms with Crippen molar-refractivity contribution >= 4 is 0 Å². The van der Waals surface area contributed by atoms with Gasteiger partial charge >= 0.3 is 0 Å². The SMILES string of the molecule is CC(C)Cc1nc(CN[C@H](C)[C@@H]2CCCO2)no1. The highest BCUT2D eigenvalue weighted by atomic mass is 16.5. The maximum atomic E-state index is 5.63. The Bertz CT molecular complexity index is 359. The van der Waals surface area contributed by atoms with Gasteiger partial charge in [-0.3, -0.25) is 0 Å². The molecule has 0 unspecified atom stereocenters. The highest BCUT2D eigenvalue weighted by molar-refractivity contribution is 4.88. The number of aromatic nitrogens is 2. The molecule has 2 rings (SSSR count). The first-order chi connectivity index (χ1) is 8.65. The Balaban J connectivity index is 1.77. The number of hydrogen-bond donors (Lipinski definition) is 1. The molecule has 1 aliphatic heterocycles. The number of ether oxygens (including phenoxy) is 1. The number of nitrogens with one attached hydrogen (secondary N) is 1. The monoisotopic (exact) mass is 253 g/mol. The summed E-state index contributed by atoms with van der Waals surface area (Å²) in [6.45, 7) is 7.95. The lowest BCUT2D eigenvalue weighted by atomic mass is 10.1. The maximum absolute atomic E-state index is 5.63. The van der Waals surface area contributed by atoms with Crippen molar-refractivity contribution in [1.29, 1.82) is 0 Å². The molecule has 2 atom stereocenters. The zero-order chi connectivity index (χ0) is 13.0. The molecule has 1 N–H and O–H groups in total. The normalized spacial score (nSPS) is 21.7. The highest BCUT2D eigenvalue weighted by Crippen LogP contribution is 2.15. The predicted octanol–water partition coefficient (Wildman–Crippen LogP) is 1.93. The first-order valence-electron chi connectivity index (χ1n) is 6.81. The minimum absolute atomic E-state index is 0.326. The van der Waals surface area contributed by atoms with E-state index >= 15 is 0 Å². The molecule has 0 aliphatic carbocycles. The van der Waals surface area contributed by atoms with E-state index in [0.29, 0.717) is 24.6 Å². The zero-order valence-electron chi connectivity index (χ0n) is 11.5. The van der Waals surface area contributed by atoms with Crippen molar-refractivity contribution < 1.29 is 9.26 Å². The van der Waals surface area contributed by atoms with Crippen molar-refractivity contribution in [2.75, 3.05) is 6.61 Å². The van der Waals surface area contributed by atoms with Gasteiger partial charge in [-0.15, -0.1) is 0 Å². The van der Waals surface area contributed by atoms with Crippen LogP contribution in [0.4, 0.5) is 0 Å². The molecule has 0 aromatic carbocycles. The van der Waals surface area contributed by atoms with Gasteiger partial charge < -0.3 is 14.6 Å². The van der Waals surface area contributed by atoms with Gasteiger partial charge in [-0.1, -0.05) is 19.0 Å². The number of hydrogen-bond acceptors (Lipinski definition) is 5. The average Bonchev–Trinajstić information content (AvgIpc) is 2.95. The van der Waals surface area contributed by atoms with Crippen LogP contribution in [0.15, 0.2) is 4.52 Å². The molecule has 1 fully saturated rings. The second kappa shape index (κ2) is 6.29. The summed E-state index contributed by atoms with van der Waals surface area (Å²) >= 11 is 0. The quantitative estimate of drug-likeness (QED) is 0.839. The van der Waals surface area contributed by atoms with Gasteiger partial charge in [-0.05, 0) is 25.7 Å². The molecule has 1 aromatic rings. The smallest absolute Gasteiger partial charge is 0.226 e. The summed E-state index contributed by atoms with van der Waals surface area (Å²) in [7, 11) is 0. The lowest BCUT2D eigenvalue weighted by Gasteiger charge is -2.18. The molecular weight excluding hydrogens is 230 g/mol. The largest absolute Gasteiger partial charge is 0.377 e. The minimum atomic E-state index is 0.326. The summed E-state index contributed by atoms with van der Waals surface area (Å²) in [5.74, 6) is 2.00. The highest BCUT2D eigenvalue weighted by Gasteiger charge is 2.22. The molecule has 0 amide bonds. The summed E-state index contributed by atoms with van der Waals surface area (Å²) in [6.07, 6.45) is 3.47. The maximum Gasteiger partial charge on any atom is 0.226 e. The second-order valence-corrected chi connectivity index (χ2v) is 5.42. The van der Waals surface area contributed by atoms with Gasteiger partial charge in [0.15, 0.2) is 5.82 Å². The summed E-state index contributed by atoms with van der Waals surface area (Å²) in [5.41, 5.74) is 0. The fourth-order valence-corrected chi connectivity index (χ4v) is 2.17. The molecule has 0 spiro atoms. The summed E-state index contributed by atoms with van der Waals surface area (Å²) < 4.78 is 10.8. The van der Waals surface area contributed by atoms with Gasteiger partial charge in [0.2, 0.25) is 5.89 Å². The van der Waals surface area contributed by atoms with Crippen molar-refractivity contribution in [3.8, 4) is 0 Å². The van der Waals surface area contributed by atoms with Crippen LogP contribution in [0.25, 0.3) is 0 Å². The molecule has 0 radical (unpaired) electrons. The van der Waals surface area contributed by atoms with Gasteiger partial charge in [-0.25, -0.2) is 0 Å². The van der Waals surface area contributed by atoms with Crippen molar-refractivity contribution in [2.45, 2.75) is 58.7 Å². The van der Waals surface area contributed by atoms with E-state index in [9.17, 15) is 0 Å². The first kappa shape index (κ1) is 13.5. The van der Waals surface area contributed by atoms with E-state index in [1.54, 1.807) is 0 Å². The Morgan fingerprint density at radius 3 is 2.89 bits per heavy atom. The number of rotatable bonds is 6. The van der Waals surface area contributed by atoms with Crippen LogP contribution in [0.1, 0.15) is 45.3 Å². The topological polar surface area (TPSA) is 60.2 Å². The summed E-state index contributed by atoms with van der Waals surface area (Å²) in [4.78, 5) is 4.37. The Labute approximate surface area is 108 Å². The van der Waals surface area contributed by atoms with Gasteiger partial charge in [-0.2, -0.15) is 4.98 Å². The third-order valence-corrected chi connectivity index (χ3v) is 3.20. The van der Waals surface area contributed by atoms with Crippen LogP contribution in [0.2, 0.25) is 0 Å². The minimum Gasteiger partial charge on any atom is -0.377 e. The molecule has 5 heteroatoms. The Hall–Kier alpha value is -0.940. The van der Waals surface area contributed by atoms with Gasteiger partial charge in [0.25, 0.3) is 0 Å². The van der Waals surface area contributed by atoms with Crippen LogP contribution in [0.3, 0.4) is 0 Å². The third kappa shape index (κ3) is 3.78. The van der Waals surface area contributed by atoms with Crippen molar-refractivity contribution in [3.05, 3.63) is 11.7 Å². The first-order valence-corrected chi connectivity index (χ1v) is 6.81. The van der Waals surface area contributed by atoms with E-state index < -0.39 is 0 Å². The van der Waals surface area contributed by atoms with Crippen LogP contribution in [0.5, 0.6) is 0 Å². The van der Waals surface area contributed by atoms with E-state index in [0.717, 1.165) is 37.6 Å². The van der Waals surface area contributed by atoms with E-state index in [1.807, 2.05) is 0 Å². The number of nitrogens with zero attached hydrogens (tertiary/aromatic N) is 2. The third-order valence-electron chi connectivity index (χ3n) is 3.20. The molecule has 102 valence electrons. The van der Waals surface area contributed by atoms with E-state index in [1.165, 1.54) is 0 Å². The second-order valence-electron chi connectivity index (χ2n) is 5.42. The molecule has 18 heavy (non-hydrogen) atoms. The Kier molecular flexibility index (Phi) is 4.72. The standard InChI is InChI=1S/C13H23N3O2/c1-9(2)7-13-15-12(16-18-13)8-14-10(3)11-5-4-6-17-11/h9-11,14H,4-8H2,1-3H3/t10-,11+/m1/s1. The lowest BCUT2D eigenvalue weighted by molar-refractivity contribution is 0.0829. The van der Waals surface area contributed by atoms with Crippen LogP contribution in [0, 0.1) is 5.92 Å². The van der Waals surface area contributed by atoms with E-state index in [-0.39, 0.29) is 0 Å². The Morgan fingerprint density at radius 2 is 2.22 bits per heavy atom. The van der Waals surface area contributed by atoms with Crippen molar-refractivity contribution in [1.82, 2.24) is 15.5 Å². The Morgan fingerprint density at radius 1 is 1.39 bits per heavy atom. The van der Waals surface area contributed by atoms with Crippen LogP contribution >= 0.6 is 0 Å². The molecule has 2 heterocycles. The summed E-state index contributed by atoms with van der Waals surface area (Å²) in [5, 5.41) is 7.38. The van der Waals surface area contributed by atoms with Crippen LogP contribution < -0.4 is 5.32 Å². The average molecular weight is 253 g/mol. The van der Waals surface area contributed by atoms with Gasteiger partial charge in [0.1, 0.15) is 0 Å². The molecule has 0 bridgehead atoms. The van der Waals surface area contributed by atoms with Gasteiger partial charge in [0, 0.05) is 19.1 Å². The molecule has 5 nitrogen and oxygen atoms in total. The fourth-order valence-electron chi connectivity index (χ4n) is 2.17. The predicted molar refractivity (Wildman–Crippen MR) is 68.1 cm³/mol. The lowest BCUT2D eigenvalue weighted by Crippen LogP contribution is -2.36. The molecular formula is C13H23N3O2. The van der Waals surface area contributed by atoms with Gasteiger partial charge in [0.05, 0.1) is 12.6 Å². The molecule has 1 aromatic heterocycles. The summed E-state index contributed by atoms with van der Waals surface area (Å²) in [6, 6.07) is 0.333. The fraction of sp³-hybridized carbons (Fsp3) is 0.846. The van der Waals surface area contributed by atoms with E-state index in [2.05, 4.69) is 36.2 Å². The zero-order valence-corrected chi connectivity index (χ0v) is 11.5. The van der Waals surface area contributed by atoms with Crippen LogP contribution in [-0.2, 0) is 17.7 Å². The van der Waals surface area contributed by atoms with Crippen molar-refractivity contribution in [2.24, 2.45) is 5.92 Å². The molecule has 1 saturated heterocycles. The molecule has 1 aliphatic rings.